The normalized spacial score (nSPS) is 11.0. The Labute approximate surface area is 216 Å². The van der Waals surface area contributed by atoms with Crippen LogP contribution in [0.4, 0.5) is 4.79 Å². The lowest BCUT2D eigenvalue weighted by Gasteiger charge is -2.15. The highest BCUT2D eigenvalue weighted by molar-refractivity contribution is 5.92. The largest absolute Gasteiger partial charge is 0.493 e. The van der Waals surface area contributed by atoms with E-state index in [2.05, 4.69) is 11.4 Å². The molecule has 0 saturated carbocycles. The molecule has 0 aliphatic carbocycles. The Balaban J connectivity index is 1.53. The maximum atomic E-state index is 13.0. The summed E-state index contributed by atoms with van der Waals surface area (Å²) in [6.07, 6.45) is 4.32. The lowest BCUT2D eigenvalue weighted by Crippen LogP contribution is -2.28. The molecule has 194 valence electrons. The third kappa shape index (κ3) is 6.20. The fourth-order valence-electron chi connectivity index (χ4n) is 4.14. The molecule has 8 nitrogen and oxygen atoms in total. The predicted molar refractivity (Wildman–Crippen MR) is 145 cm³/mol. The van der Waals surface area contributed by atoms with Crippen molar-refractivity contribution in [2.24, 2.45) is 0 Å². The molecule has 8 heteroatoms. The number of fused-ring (bicyclic) bond motifs is 2. The maximum Gasteiger partial charge on any atom is 0.412 e. The Morgan fingerprint density at radius 3 is 2.59 bits per heavy atom. The first-order chi connectivity index (χ1) is 18.0. The van der Waals surface area contributed by atoms with E-state index in [0.717, 1.165) is 42.3 Å². The first-order valence-electron chi connectivity index (χ1n) is 12.7. The highest BCUT2D eigenvalue weighted by Crippen LogP contribution is 2.35. The summed E-state index contributed by atoms with van der Waals surface area (Å²) >= 11 is 0. The zero-order valence-corrected chi connectivity index (χ0v) is 21.6. The van der Waals surface area contributed by atoms with E-state index in [1.165, 1.54) is 11.7 Å². The van der Waals surface area contributed by atoms with E-state index < -0.39 is 6.09 Å². The topological polar surface area (TPSA) is 91.7 Å². The summed E-state index contributed by atoms with van der Waals surface area (Å²) in [6.45, 7) is 5.29. The van der Waals surface area contributed by atoms with E-state index in [-0.39, 0.29) is 5.56 Å². The zero-order valence-electron chi connectivity index (χ0n) is 21.6. The molecule has 0 fully saturated rings. The highest BCUT2D eigenvalue weighted by Gasteiger charge is 2.17. The van der Waals surface area contributed by atoms with Crippen LogP contribution in [0.3, 0.4) is 0 Å². The van der Waals surface area contributed by atoms with Crippen molar-refractivity contribution >= 4 is 27.8 Å². The van der Waals surface area contributed by atoms with Gasteiger partial charge in [-0.25, -0.2) is 4.79 Å². The van der Waals surface area contributed by atoms with E-state index in [9.17, 15) is 9.59 Å². The summed E-state index contributed by atoms with van der Waals surface area (Å²) in [5.41, 5.74) is 1.78. The van der Waals surface area contributed by atoms with Crippen LogP contribution in [0.15, 0.2) is 59.5 Å². The number of hydrogen-bond donors (Lipinski definition) is 1. The molecule has 0 unspecified atom stereocenters. The van der Waals surface area contributed by atoms with Crippen LogP contribution in [0, 0.1) is 0 Å². The third-order valence-electron chi connectivity index (χ3n) is 6.17. The number of aromatic nitrogens is 2. The summed E-state index contributed by atoms with van der Waals surface area (Å²) in [5, 5.41) is 4.74. The number of amides is 1. The molecule has 0 bridgehead atoms. The number of methoxy groups -OCH3 is 1. The average Bonchev–Trinajstić information content (AvgIpc) is 2.92. The van der Waals surface area contributed by atoms with Crippen molar-refractivity contribution in [2.75, 3.05) is 20.3 Å². The van der Waals surface area contributed by atoms with Gasteiger partial charge in [-0.3, -0.25) is 9.78 Å². The minimum absolute atomic E-state index is 0.191. The van der Waals surface area contributed by atoms with Gasteiger partial charge in [0.2, 0.25) is 0 Å². The number of nitrogens with zero attached hydrogens (tertiary/aromatic N) is 2. The molecule has 2 aromatic heterocycles. The number of rotatable bonds is 11. The lowest BCUT2D eigenvalue weighted by atomic mass is 10.1. The summed E-state index contributed by atoms with van der Waals surface area (Å²) in [6, 6.07) is 15.5. The van der Waals surface area contributed by atoms with Crippen molar-refractivity contribution < 1.29 is 19.0 Å². The Morgan fingerprint density at radius 1 is 1.00 bits per heavy atom. The van der Waals surface area contributed by atoms with Gasteiger partial charge in [-0.05, 0) is 50.5 Å². The van der Waals surface area contributed by atoms with Crippen LogP contribution in [0.25, 0.3) is 21.7 Å². The van der Waals surface area contributed by atoms with Gasteiger partial charge in [-0.2, -0.15) is 0 Å². The van der Waals surface area contributed by atoms with Gasteiger partial charge in [0, 0.05) is 29.6 Å². The summed E-state index contributed by atoms with van der Waals surface area (Å²) in [5.74, 6) is 1.21. The maximum absolute atomic E-state index is 13.0. The second-order valence-electron chi connectivity index (χ2n) is 8.75. The molecule has 4 rings (SSSR count). The fourth-order valence-corrected chi connectivity index (χ4v) is 4.14. The number of para-hydroxylation sites is 1. The molecule has 2 heterocycles. The summed E-state index contributed by atoms with van der Waals surface area (Å²) in [7, 11) is 1.53. The molecule has 0 atom stereocenters. The van der Waals surface area contributed by atoms with Gasteiger partial charge < -0.3 is 24.1 Å². The number of ether oxygens (including phenoxy) is 3. The van der Waals surface area contributed by atoms with Crippen molar-refractivity contribution in [1.82, 2.24) is 14.9 Å². The number of unbranched alkanes of at least 4 members (excludes halogenated alkanes) is 1. The van der Waals surface area contributed by atoms with Crippen molar-refractivity contribution in [3.8, 4) is 17.2 Å². The minimum Gasteiger partial charge on any atom is -0.493 e. The van der Waals surface area contributed by atoms with Gasteiger partial charge in [0.05, 0.1) is 30.8 Å². The average molecular weight is 504 g/mol. The van der Waals surface area contributed by atoms with E-state index >= 15 is 0 Å². The second-order valence-corrected chi connectivity index (χ2v) is 8.75. The summed E-state index contributed by atoms with van der Waals surface area (Å²) in [4.78, 5) is 30.1. The van der Waals surface area contributed by atoms with Gasteiger partial charge in [-0.15, -0.1) is 0 Å². The minimum atomic E-state index is -0.558. The van der Waals surface area contributed by atoms with Gasteiger partial charge in [0.15, 0.2) is 17.2 Å². The molecule has 0 saturated heterocycles. The quantitative estimate of drug-likeness (QED) is 0.273. The number of nitrogens with one attached hydrogen (secondary N) is 1. The molecule has 4 aromatic rings. The van der Waals surface area contributed by atoms with Crippen LogP contribution in [0.2, 0.25) is 0 Å². The molecular weight excluding hydrogens is 470 g/mol. The Kier molecular flexibility index (Phi) is 8.61. The van der Waals surface area contributed by atoms with E-state index in [1.807, 2.05) is 44.2 Å². The third-order valence-corrected chi connectivity index (χ3v) is 6.17. The van der Waals surface area contributed by atoms with Gasteiger partial charge in [0.25, 0.3) is 5.56 Å². The molecule has 2 aromatic carbocycles. The molecule has 37 heavy (non-hydrogen) atoms. The van der Waals surface area contributed by atoms with Crippen LogP contribution in [-0.4, -0.2) is 35.9 Å². The van der Waals surface area contributed by atoms with E-state index in [0.29, 0.717) is 47.7 Å². The van der Waals surface area contributed by atoms with Crippen molar-refractivity contribution in [2.45, 2.75) is 46.1 Å². The predicted octanol–water partition coefficient (Wildman–Crippen LogP) is 5.48. The standard InChI is InChI=1S/C29H33N3O5/c1-4-6-15-30-29(34)37-27-19-32(5-2)28(33)23-18-25(35-3)26(17-22(23)27)36-16-9-11-21-14-13-20-10-7-8-12-24(20)31-21/h7-8,10,12-14,17-19H,4-6,9,11,15-16H2,1-3H3,(H,30,34). The zero-order chi connectivity index (χ0) is 26.2. The number of aryl methyl sites for hydroxylation is 2. The molecular formula is C29H33N3O5. The smallest absolute Gasteiger partial charge is 0.412 e. The molecule has 0 aliphatic heterocycles. The number of hydrogen-bond acceptors (Lipinski definition) is 6. The van der Waals surface area contributed by atoms with E-state index in [1.54, 1.807) is 18.3 Å². The number of carbonyl (C=O) groups is 1. The number of carbonyl (C=O) groups excluding carboxylic acids is 1. The highest BCUT2D eigenvalue weighted by atomic mass is 16.6. The lowest BCUT2D eigenvalue weighted by molar-refractivity contribution is 0.200. The monoisotopic (exact) mass is 503 g/mol. The Hall–Kier alpha value is -4.07. The van der Waals surface area contributed by atoms with Crippen LogP contribution in [0.5, 0.6) is 17.2 Å². The van der Waals surface area contributed by atoms with Gasteiger partial charge >= 0.3 is 6.09 Å². The van der Waals surface area contributed by atoms with Crippen molar-refractivity contribution in [1.29, 1.82) is 0 Å². The second kappa shape index (κ2) is 12.3. The Bertz CT molecular complexity index is 1450. The van der Waals surface area contributed by atoms with Crippen LogP contribution < -0.4 is 25.1 Å². The number of pyridine rings is 2. The van der Waals surface area contributed by atoms with Gasteiger partial charge in [0.1, 0.15) is 0 Å². The van der Waals surface area contributed by atoms with Gasteiger partial charge in [-0.1, -0.05) is 37.6 Å². The van der Waals surface area contributed by atoms with Crippen LogP contribution in [0.1, 0.15) is 38.8 Å². The molecule has 0 radical (unpaired) electrons. The fraction of sp³-hybridized carbons (Fsp3) is 0.345. The Morgan fingerprint density at radius 2 is 1.81 bits per heavy atom. The molecule has 0 spiro atoms. The summed E-state index contributed by atoms with van der Waals surface area (Å²) < 4.78 is 18.7. The molecule has 0 aliphatic rings. The first-order valence-corrected chi connectivity index (χ1v) is 12.7. The molecule has 1 amide bonds. The van der Waals surface area contributed by atoms with E-state index in [4.69, 9.17) is 19.2 Å². The SMILES string of the molecule is CCCCNC(=O)Oc1cn(CC)c(=O)c2cc(OC)c(OCCCc3ccc4ccccc4n3)cc12. The van der Waals surface area contributed by atoms with Crippen LogP contribution >= 0.6 is 0 Å². The first kappa shape index (κ1) is 26.0. The van der Waals surface area contributed by atoms with Crippen molar-refractivity contribution in [3.05, 3.63) is 70.8 Å². The van der Waals surface area contributed by atoms with Crippen molar-refractivity contribution in [3.63, 3.8) is 0 Å². The van der Waals surface area contributed by atoms with Crippen LogP contribution in [-0.2, 0) is 13.0 Å². The number of benzene rings is 2. The molecule has 1 N–H and O–H groups in total.